The number of benzene rings is 2. The van der Waals surface area contributed by atoms with Crippen LogP contribution in [0.15, 0.2) is 58.8 Å². The molecule has 14 heteroatoms. The fourth-order valence-electron chi connectivity index (χ4n) is 3.52. The molecule has 14 nitrogen and oxygen atoms in total. The number of aliphatic carboxylic acids is 2. The Morgan fingerprint density at radius 1 is 0.659 bits per heavy atom. The van der Waals surface area contributed by atoms with Gasteiger partial charge in [-0.25, -0.2) is 9.59 Å². The zero-order chi connectivity index (χ0) is 33.2. The first-order chi connectivity index (χ1) is 20.3. The fraction of sp³-hybridized carbons (Fsp3) is 0.400. The third kappa shape index (κ3) is 12.4. The van der Waals surface area contributed by atoms with E-state index >= 15 is 0 Å². The number of azo groups is 1. The number of esters is 2. The van der Waals surface area contributed by atoms with Crippen LogP contribution in [0.5, 0.6) is 0 Å². The first-order valence-electron chi connectivity index (χ1n) is 13.5. The van der Waals surface area contributed by atoms with E-state index < -0.39 is 71.8 Å². The van der Waals surface area contributed by atoms with Crippen molar-refractivity contribution in [2.24, 2.45) is 10.2 Å². The summed E-state index contributed by atoms with van der Waals surface area (Å²) in [5, 5.41) is 31.6. The van der Waals surface area contributed by atoms with E-state index in [0.717, 1.165) is 0 Å². The number of nitrogens with zero attached hydrogens (tertiary/aromatic N) is 2. The number of amides is 2. The van der Waals surface area contributed by atoms with Crippen LogP contribution in [0.2, 0.25) is 0 Å². The van der Waals surface area contributed by atoms with Crippen molar-refractivity contribution in [3.63, 3.8) is 0 Å². The summed E-state index contributed by atoms with van der Waals surface area (Å²) < 4.78 is 10.3. The lowest BCUT2D eigenvalue weighted by Crippen LogP contribution is -2.43. The van der Waals surface area contributed by atoms with Gasteiger partial charge in [0.1, 0.15) is 23.3 Å². The molecule has 0 aliphatic carbocycles. The molecule has 236 valence electrons. The Labute approximate surface area is 253 Å². The molecule has 0 aromatic heterocycles. The van der Waals surface area contributed by atoms with Crippen molar-refractivity contribution in [2.75, 3.05) is 0 Å². The van der Waals surface area contributed by atoms with Gasteiger partial charge in [-0.15, -0.1) is 0 Å². The predicted molar refractivity (Wildman–Crippen MR) is 156 cm³/mol. The van der Waals surface area contributed by atoms with E-state index in [1.54, 1.807) is 41.5 Å². The van der Waals surface area contributed by atoms with Gasteiger partial charge in [-0.3, -0.25) is 19.2 Å². The molecule has 0 heterocycles. The Morgan fingerprint density at radius 3 is 1.30 bits per heavy atom. The molecule has 44 heavy (non-hydrogen) atoms. The fourth-order valence-corrected chi connectivity index (χ4v) is 3.52. The molecule has 0 fully saturated rings. The topological polar surface area (TPSA) is 210 Å². The first kappa shape index (κ1) is 35.1. The number of hydrogen-bond acceptors (Lipinski definition) is 10. The molecule has 0 saturated heterocycles. The normalized spacial score (nSPS) is 13.0. The molecule has 0 saturated carbocycles. The van der Waals surface area contributed by atoms with Crippen molar-refractivity contribution in [3.8, 4) is 0 Å². The highest BCUT2D eigenvalue weighted by Gasteiger charge is 2.28. The molecule has 2 aromatic carbocycles. The summed E-state index contributed by atoms with van der Waals surface area (Å²) in [5.41, 5.74) is -1.11. The third-order valence-electron chi connectivity index (χ3n) is 5.29. The summed E-state index contributed by atoms with van der Waals surface area (Å²) in [7, 11) is 0. The molecule has 2 atom stereocenters. The van der Waals surface area contributed by atoms with Crippen LogP contribution in [0.25, 0.3) is 0 Å². The molecule has 0 radical (unpaired) electrons. The summed E-state index contributed by atoms with van der Waals surface area (Å²) in [4.78, 5) is 72.8. The molecule has 0 aliphatic heterocycles. The maximum atomic E-state index is 12.7. The van der Waals surface area contributed by atoms with Crippen LogP contribution in [0.4, 0.5) is 11.4 Å². The van der Waals surface area contributed by atoms with E-state index in [0.29, 0.717) is 0 Å². The minimum absolute atomic E-state index is 0.0507. The Kier molecular flexibility index (Phi) is 11.8. The van der Waals surface area contributed by atoms with Gasteiger partial charge in [0, 0.05) is 11.1 Å². The van der Waals surface area contributed by atoms with Crippen molar-refractivity contribution >= 4 is 47.1 Å². The lowest BCUT2D eigenvalue weighted by molar-refractivity contribution is -0.158. The van der Waals surface area contributed by atoms with E-state index in [2.05, 4.69) is 20.9 Å². The van der Waals surface area contributed by atoms with E-state index in [1.807, 2.05) is 0 Å². The summed E-state index contributed by atoms with van der Waals surface area (Å²) in [6, 6.07) is 8.51. The van der Waals surface area contributed by atoms with E-state index in [-0.39, 0.29) is 22.5 Å². The quantitative estimate of drug-likeness (QED) is 0.200. The molecule has 0 bridgehead atoms. The molecule has 0 unspecified atom stereocenters. The number of carbonyl (C=O) groups excluding carboxylic acids is 4. The van der Waals surface area contributed by atoms with Gasteiger partial charge in [-0.2, -0.15) is 10.2 Å². The van der Waals surface area contributed by atoms with Crippen LogP contribution in [-0.2, 0) is 28.7 Å². The number of rotatable bonds is 12. The lowest BCUT2D eigenvalue weighted by Gasteiger charge is -2.21. The average molecular weight is 613 g/mol. The zero-order valence-electron chi connectivity index (χ0n) is 25.2. The van der Waals surface area contributed by atoms with Crippen LogP contribution >= 0.6 is 0 Å². The number of nitrogens with one attached hydrogen (secondary N) is 2. The summed E-state index contributed by atoms with van der Waals surface area (Å²) in [5.74, 6) is -5.94. The Balaban J connectivity index is 2.12. The van der Waals surface area contributed by atoms with Gasteiger partial charge in [0.05, 0.1) is 24.2 Å². The number of carboxylic acid groups (broad SMARTS) is 2. The zero-order valence-corrected chi connectivity index (χ0v) is 25.2. The first-order valence-corrected chi connectivity index (χ1v) is 13.5. The monoisotopic (exact) mass is 612 g/mol. The summed E-state index contributed by atoms with van der Waals surface area (Å²) in [6.45, 7) is 9.80. The SMILES string of the molecule is CC(C)(C)OC(=O)C[C@@H](NC(=O)c1cccc(N=Nc2cccc(C(=O)N[C@H](CC(=O)OC(C)(C)C)C(=O)O)c2)c1)C(=O)O. The molecule has 0 spiro atoms. The Morgan fingerprint density at radius 2 is 1.00 bits per heavy atom. The van der Waals surface area contributed by atoms with Gasteiger partial charge >= 0.3 is 23.9 Å². The molecular weight excluding hydrogens is 576 g/mol. The average Bonchev–Trinajstić information content (AvgIpc) is 2.89. The number of hydrogen-bond donors (Lipinski definition) is 4. The van der Waals surface area contributed by atoms with Crippen LogP contribution < -0.4 is 10.6 Å². The maximum absolute atomic E-state index is 12.7. The van der Waals surface area contributed by atoms with Gasteiger partial charge < -0.3 is 30.3 Å². The highest BCUT2D eigenvalue weighted by Crippen LogP contribution is 2.21. The van der Waals surface area contributed by atoms with E-state index in [9.17, 15) is 39.0 Å². The molecule has 2 amide bonds. The second-order valence-electron chi connectivity index (χ2n) is 11.6. The predicted octanol–water partition coefficient (Wildman–Crippen LogP) is 3.93. The molecule has 2 aromatic rings. The van der Waals surface area contributed by atoms with Crippen molar-refractivity contribution in [3.05, 3.63) is 59.7 Å². The minimum atomic E-state index is -1.53. The highest BCUT2D eigenvalue weighted by atomic mass is 16.6. The summed E-state index contributed by atoms with van der Waals surface area (Å²) >= 11 is 0. The number of ether oxygens (including phenoxy) is 2. The van der Waals surface area contributed by atoms with Gasteiger partial charge in [-0.05, 0) is 77.9 Å². The van der Waals surface area contributed by atoms with Gasteiger partial charge in [0.15, 0.2) is 0 Å². The second kappa shape index (κ2) is 14.8. The van der Waals surface area contributed by atoms with Gasteiger partial charge in [0.2, 0.25) is 0 Å². The molecule has 2 rings (SSSR count). The van der Waals surface area contributed by atoms with Crippen molar-refractivity contribution < 1.29 is 48.5 Å². The minimum Gasteiger partial charge on any atom is -0.480 e. The van der Waals surface area contributed by atoms with Crippen LogP contribution in [-0.4, -0.2) is 69.2 Å². The number of carboxylic acids is 2. The highest BCUT2D eigenvalue weighted by molar-refractivity contribution is 5.99. The van der Waals surface area contributed by atoms with Crippen molar-refractivity contribution in [2.45, 2.75) is 77.7 Å². The second-order valence-corrected chi connectivity index (χ2v) is 11.6. The lowest BCUT2D eigenvalue weighted by atomic mass is 10.1. The van der Waals surface area contributed by atoms with Gasteiger partial charge in [-0.1, -0.05) is 12.1 Å². The van der Waals surface area contributed by atoms with E-state index in [1.165, 1.54) is 48.5 Å². The van der Waals surface area contributed by atoms with E-state index in [4.69, 9.17) is 9.47 Å². The standard InChI is InChI=1S/C30H36N4O10/c1-29(2,3)43-23(35)15-21(27(39)40)31-25(37)17-9-7-11-19(13-17)33-34-20-12-8-10-18(14-20)26(38)32-22(28(41)42)16-24(36)44-30(4,5)6/h7-14,21-22H,15-16H2,1-6H3,(H,31,37)(H,32,38)(H,39,40)(H,41,42)/t21-,22-/m1/s1. The smallest absolute Gasteiger partial charge is 0.326 e. The van der Waals surface area contributed by atoms with Crippen LogP contribution in [0.1, 0.15) is 75.1 Å². The molecular formula is C30H36N4O10. The Hall–Kier alpha value is -5.14. The Bertz CT molecular complexity index is 1330. The van der Waals surface area contributed by atoms with Gasteiger partial charge in [0.25, 0.3) is 11.8 Å². The summed E-state index contributed by atoms with van der Waals surface area (Å²) in [6.07, 6.45) is -1.15. The largest absolute Gasteiger partial charge is 0.480 e. The van der Waals surface area contributed by atoms with Crippen molar-refractivity contribution in [1.82, 2.24) is 10.6 Å². The number of carbonyl (C=O) groups is 6. The third-order valence-corrected chi connectivity index (χ3v) is 5.29. The molecule has 0 aliphatic rings. The maximum Gasteiger partial charge on any atom is 0.326 e. The molecule has 4 N–H and O–H groups in total. The van der Waals surface area contributed by atoms with Crippen molar-refractivity contribution in [1.29, 1.82) is 0 Å². The van der Waals surface area contributed by atoms with Crippen LogP contribution in [0, 0.1) is 0 Å². The van der Waals surface area contributed by atoms with Crippen LogP contribution in [0.3, 0.4) is 0 Å².